The van der Waals surface area contributed by atoms with Crippen molar-refractivity contribution in [1.82, 2.24) is 10.2 Å². The highest BCUT2D eigenvalue weighted by molar-refractivity contribution is 9.10. The zero-order valence-electron chi connectivity index (χ0n) is 12.2. The number of aromatic hydroxyl groups is 1. The molecule has 0 bridgehead atoms. The number of rotatable bonds is 4. The minimum absolute atomic E-state index is 0.164. The lowest BCUT2D eigenvalue weighted by atomic mass is 10.1. The average Bonchev–Trinajstić information content (AvgIpc) is 2.71. The van der Waals surface area contributed by atoms with Gasteiger partial charge in [-0.3, -0.25) is 4.90 Å². The Labute approximate surface area is 129 Å². The minimum atomic E-state index is 0.164. The van der Waals surface area contributed by atoms with Gasteiger partial charge < -0.3 is 15.2 Å². The van der Waals surface area contributed by atoms with E-state index in [0.717, 1.165) is 25.2 Å². The van der Waals surface area contributed by atoms with Gasteiger partial charge in [0, 0.05) is 12.6 Å². The smallest absolute Gasteiger partial charge is 0.172 e. The average molecular weight is 343 g/mol. The lowest BCUT2D eigenvalue weighted by Crippen LogP contribution is -2.32. The number of benzene rings is 1. The summed E-state index contributed by atoms with van der Waals surface area (Å²) in [6.07, 6.45) is 3.66. The van der Waals surface area contributed by atoms with Gasteiger partial charge >= 0.3 is 0 Å². The first-order valence-electron chi connectivity index (χ1n) is 7.08. The summed E-state index contributed by atoms with van der Waals surface area (Å²) in [5.74, 6) is 0.683. The van der Waals surface area contributed by atoms with E-state index in [2.05, 4.69) is 33.2 Å². The van der Waals surface area contributed by atoms with Crippen molar-refractivity contribution in [2.45, 2.75) is 31.8 Å². The van der Waals surface area contributed by atoms with Crippen molar-refractivity contribution in [3.63, 3.8) is 0 Å². The Morgan fingerprint density at radius 1 is 1.40 bits per heavy atom. The number of phenols is 1. The molecule has 112 valence electrons. The van der Waals surface area contributed by atoms with Crippen LogP contribution in [0.2, 0.25) is 0 Å². The van der Waals surface area contributed by atoms with E-state index < -0.39 is 0 Å². The molecule has 0 aliphatic carbocycles. The fourth-order valence-electron chi connectivity index (χ4n) is 2.73. The lowest BCUT2D eigenvalue weighted by Gasteiger charge is -2.27. The number of phenolic OH excluding ortho intramolecular Hbond substituents is 1. The van der Waals surface area contributed by atoms with Gasteiger partial charge in [0.1, 0.15) is 0 Å². The van der Waals surface area contributed by atoms with E-state index in [1.807, 2.05) is 12.1 Å². The summed E-state index contributed by atoms with van der Waals surface area (Å²) in [4.78, 5) is 2.39. The molecule has 1 aromatic carbocycles. The maximum atomic E-state index is 9.85. The fraction of sp³-hybridized carbons (Fsp3) is 0.600. The standard InChI is InChI=1S/C15H23BrN2O2/c1-18(12-4-3-6-17-7-5-12)10-11-8-13(16)15(19)14(9-11)20-2/h8-9,12,17,19H,3-7,10H2,1-2H3. The second-order valence-electron chi connectivity index (χ2n) is 5.38. The summed E-state index contributed by atoms with van der Waals surface area (Å²) in [5.41, 5.74) is 1.14. The van der Waals surface area contributed by atoms with E-state index in [9.17, 15) is 5.11 Å². The molecule has 1 saturated heterocycles. The number of nitrogens with one attached hydrogen (secondary N) is 1. The molecule has 2 N–H and O–H groups in total. The predicted molar refractivity (Wildman–Crippen MR) is 84.3 cm³/mol. The van der Waals surface area contributed by atoms with Crippen molar-refractivity contribution in [3.05, 3.63) is 22.2 Å². The Balaban J connectivity index is 2.06. The Kier molecular flexibility index (Phi) is 5.69. The Morgan fingerprint density at radius 2 is 2.20 bits per heavy atom. The van der Waals surface area contributed by atoms with E-state index in [1.54, 1.807) is 7.11 Å². The van der Waals surface area contributed by atoms with E-state index in [4.69, 9.17) is 4.74 Å². The van der Waals surface area contributed by atoms with Crippen LogP contribution in [0.3, 0.4) is 0 Å². The third-order valence-electron chi connectivity index (χ3n) is 3.91. The molecule has 0 amide bonds. The minimum Gasteiger partial charge on any atom is -0.503 e. The van der Waals surface area contributed by atoms with E-state index in [0.29, 0.717) is 16.3 Å². The molecule has 1 aliphatic rings. The maximum absolute atomic E-state index is 9.85. The molecule has 20 heavy (non-hydrogen) atoms. The van der Waals surface area contributed by atoms with Crippen LogP contribution in [0.4, 0.5) is 0 Å². The van der Waals surface area contributed by atoms with Crippen LogP contribution in [-0.2, 0) is 6.54 Å². The van der Waals surface area contributed by atoms with Crippen LogP contribution < -0.4 is 10.1 Å². The normalized spacial score (nSPS) is 19.9. The van der Waals surface area contributed by atoms with Gasteiger partial charge in [-0.25, -0.2) is 0 Å². The zero-order valence-corrected chi connectivity index (χ0v) is 13.7. The van der Waals surface area contributed by atoms with Crippen molar-refractivity contribution in [1.29, 1.82) is 0 Å². The molecule has 1 heterocycles. The lowest BCUT2D eigenvalue weighted by molar-refractivity contribution is 0.216. The summed E-state index contributed by atoms with van der Waals surface area (Å²) in [6.45, 7) is 3.08. The van der Waals surface area contributed by atoms with E-state index in [1.165, 1.54) is 19.3 Å². The van der Waals surface area contributed by atoms with E-state index >= 15 is 0 Å². The van der Waals surface area contributed by atoms with Crippen molar-refractivity contribution < 1.29 is 9.84 Å². The summed E-state index contributed by atoms with van der Waals surface area (Å²) in [7, 11) is 3.75. The van der Waals surface area contributed by atoms with Gasteiger partial charge in [-0.15, -0.1) is 0 Å². The van der Waals surface area contributed by atoms with Crippen molar-refractivity contribution in [2.24, 2.45) is 0 Å². The summed E-state index contributed by atoms with van der Waals surface area (Å²) < 4.78 is 5.89. The zero-order chi connectivity index (χ0) is 14.5. The maximum Gasteiger partial charge on any atom is 0.172 e. The summed E-state index contributed by atoms with van der Waals surface area (Å²) in [6, 6.07) is 4.48. The molecule has 0 aromatic heterocycles. The molecule has 1 unspecified atom stereocenters. The Hall–Kier alpha value is -0.780. The predicted octanol–water partition coefficient (Wildman–Crippen LogP) is 2.74. The largest absolute Gasteiger partial charge is 0.503 e. The molecule has 1 fully saturated rings. The molecular formula is C15H23BrN2O2. The molecule has 1 atom stereocenters. The van der Waals surface area contributed by atoms with Crippen LogP contribution >= 0.6 is 15.9 Å². The van der Waals surface area contributed by atoms with Gasteiger partial charge in [-0.05, 0) is 73.0 Å². The van der Waals surface area contributed by atoms with Crippen LogP contribution in [0.1, 0.15) is 24.8 Å². The van der Waals surface area contributed by atoms with Gasteiger partial charge in [-0.1, -0.05) is 0 Å². The number of nitrogens with zero attached hydrogens (tertiary/aromatic N) is 1. The van der Waals surface area contributed by atoms with Gasteiger partial charge in [0.2, 0.25) is 0 Å². The number of hydrogen-bond donors (Lipinski definition) is 2. The highest BCUT2D eigenvalue weighted by atomic mass is 79.9. The van der Waals surface area contributed by atoms with Crippen LogP contribution in [0.25, 0.3) is 0 Å². The fourth-order valence-corrected chi connectivity index (χ4v) is 3.22. The highest BCUT2D eigenvalue weighted by Gasteiger charge is 2.18. The third-order valence-corrected chi connectivity index (χ3v) is 4.51. The second-order valence-corrected chi connectivity index (χ2v) is 6.23. The first kappa shape index (κ1) is 15.6. The molecule has 4 nitrogen and oxygen atoms in total. The van der Waals surface area contributed by atoms with Crippen molar-refractivity contribution in [2.75, 3.05) is 27.2 Å². The van der Waals surface area contributed by atoms with Crippen LogP contribution in [0, 0.1) is 0 Å². The second kappa shape index (κ2) is 7.29. The van der Waals surface area contributed by atoms with Gasteiger partial charge in [0.25, 0.3) is 0 Å². The third kappa shape index (κ3) is 3.87. The van der Waals surface area contributed by atoms with Gasteiger partial charge in [-0.2, -0.15) is 0 Å². The first-order chi connectivity index (χ1) is 9.61. The molecule has 0 saturated carbocycles. The molecular weight excluding hydrogens is 320 g/mol. The molecule has 1 aromatic rings. The Bertz CT molecular complexity index is 446. The van der Waals surface area contributed by atoms with Gasteiger partial charge in [0.05, 0.1) is 11.6 Å². The molecule has 5 heteroatoms. The number of hydrogen-bond acceptors (Lipinski definition) is 4. The SMILES string of the molecule is COc1cc(CN(C)C2CCCNCC2)cc(Br)c1O. The summed E-state index contributed by atoms with van der Waals surface area (Å²) in [5, 5.41) is 13.3. The van der Waals surface area contributed by atoms with Gasteiger partial charge in [0.15, 0.2) is 11.5 Å². The van der Waals surface area contributed by atoms with Crippen molar-refractivity contribution >= 4 is 15.9 Å². The quantitative estimate of drug-likeness (QED) is 0.882. The Morgan fingerprint density at radius 3 is 2.95 bits per heavy atom. The van der Waals surface area contributed by atoms with Crippen LogP contribution in [-0.4, -0.2) is 43.3 Å². The number of methoxy groups -OCH3 is 1. The number of ether oxygens (including phenoxy) is 1. The van der Waals surface area contributed by atoms with E-state index in [-0.39, 0.29) is 5.75 Å². The van der Waals surface area contributed by atoms with Crippen molar-refractivity contribution in [3.8, 4) is 11.5 Å². The molecule has 1 aliphatic heterocycles. The topological polar surface area (TPSA) is 44.7 Å². The number of halogens is 1. The molecule has 0 radical (unpaired) electrons. The first-order valence-corrected chi connectivity index (χ1v) is 7.87. The monoisotopic (exact) mass is 342 g/mol. The highest BCUT2D eigenvalue weighted by Crippen LogP contribution is 2.35. The molecule has 0 spiro atoms. The molecule has 2 rings (SSSR count). The van der Waals surface area contributed by atoms with Crippen LogP contribution in [0.5, 0.6) is 11.5 Å². The summed E-state index contributed by atoms with van der Waals surface area (Å²) >= 11 is 3.38. The van der Waals surface area contributed by atoms with Crippen LogP contribution in [0.15, 0.2) is 16.6 Å².